The van der Waals surface area contributed by atoms with Crippen LogP contribution in [0.4, 0.5) is 24.5 Å². The zero-order valence-electron chi connectivity index (χ0n) is 20.5. The van der Waals surface area contributed by atoms with Crippen molar-refractivity contribution in [2.24, 2.45) is 31.8 Å². The molecule has 1 saturated heterocycles. The van der Waals surface area contributed by atoms with Gasteiger partial charge in [-0.05, 0) is 54.8 Å². The van der Waals surface area contributed by atoms with E-state index in [1.54, 1.807) is 12.3 Å². The van der Waals surface area contributed by atoms with Crippen LogP contribution >= 0.6 is 23.4 Å². The molecule has 1 fully saturated rings. The van der Waals surface area contributed by atoms with Gasteiger partial charge in [-0.3, -0.25) is 9.69 Å². The minimum atomic E-state index is -4.75. The molecule has 13 heteroatoms. The summed E-state index contributed by atoms with van der Waals surface area (Å²) in [5.41, 5.74) is 8.74. The Bertz CT molecular complexity index is 1400. The van der Waals surface area contributed by atoms with Crippen molar-refractivity contribution in [3.05, 3.63) is 76.9 Å². The van der Waals surface area contributed by atoms with Gasteiger partial charge in [-0.2, -0.15) is 5.10 Å². The summed E-state index contributed by atoms with van der Waals surface area (Å²) in [6, 6.07) is 10.5. The number of carbonyl (C=O) groups excluding carboxylic acids is 1. The van der Waals surface area contributed by atoms with Gasteiger partial charge >= 0.3 is 6.36 Å². The molecule has 1 heterocycles. The number of hydrogen-bond acceptors (Lipinski definition) is 6. The summed E-state index contributed by atoms with van der Waals surface area (Å²) in [5, 5.41) is 9.31. The number of alkyl halides is 3. The molecule has 1 aliphatic heterocycles. The first-order valence-electron chi connectivity index (χ1n) is 11.5. The van der Waals surface area contributed by atoms with Gasteiger partial charge in [0.15, 0.2) is 5.17 Å². The van der Waals surface area contributed by atoms with Gasteiger partial charge in [-0.15, -0.1) is 18.3 Å². The number of allylic oxidation sites excluding steroid dienone is 3. The summed E-state index contributed by atoms with van der Waals surface area (Å²) in [7, 11) is 0. The largest absolute Gasteiger partial charge is 0.573 e. The predicted octanol–water partition coefficient (Wildman–Crippen LogP) is 6.19. The van der Waals surface area contributed by atoms with Crippen molar-refractivity contribution in [3.8, 4) is 5.75 Å². The minimum absolute atomic E-state index is 0.115. The number of hydrogen-bond donors (Lipinski definition) is 1. The summed E-state index contributed by atoms with van der Waals surface area (Å²) >= 11 is 7.63. The third-order valence-electron chi connectivity index (χ3n) is 5.52. The molecule has 2 aromatic carbocycles. The zero-order valence-corrected chi connectivity index (χ0v) is 22.0. The molecule has 1 unspecified atom stereocenters. The van der Waals surface area contributed by atoms with Crippen LogP contribution in [0.5, 0.6) is 5.75 Å². The summed E-state index contributed by atoms with van der Waals surface area (Å²) in [6.07, 6.45) is 4.28. The second kappa shape index (κ2) is 12.3. The van der Waals surface area contributed by atoms with E-state index in [1.807, 2.05) is 37.3 Å². The molecule has 202 valence electrons. The Morgan fingerprint density at radius 1 is 1.23 bits per heavy atom. The Kier molecular flexibility index (Phi) is 8.87. The van der Waals surface area contributed by atoms with Crippen molar-refractivity contribution < 1.29 is 22.7 Å². The van der Waals surface area contributed by atoms with Crippen molar-refractivity contribution in [2.45, 2.75) is 19.7 Å². The first-order chi connectivity index (χ1) is 18.6. The number of halogens is 4. The van der Waals surface area contributed by atoms with Crippen LogP contribution in [0.2, 0.25) is 5.02 Å². The third kappa shape index (κ3) is 7.58. The Morgan fingerprint density at radius 2 is 2.00 bits per heavy atom. The fourth-order valence-electron chi connectivity index (χ4n) is 3.65. The van der Waals surface area contributed by atoms with Crippen LogP contribution in [0.25, 0.3) is 0 Å². The molecule has 2 aliphatic rings. The Morgan fingerprint density at radius 3 is 2.67 bits per heavy atom. The average molecular weight is 575 g/mol. The van der Waals surface area contributed by atoms with E-state index in [9.17, 15) is 18.0 Å². The highest BCUT2D eigenvalue weighted by atomic mass is 35.5. The van der Waals surface area contributed by atoms with Gasteiger partial charge < -0.3 is 10.5 Å². The summed E-state index contributed by atoms with van der Waals surface area (Å²) in [6.45, 7) is 1.88. The van der Waals surface area contributed by atoms with Gasteiger partial charge in [-0.25, -0.2) is 9.98 Å². The molecular formula is C26H22ClF3N6O2S. The highest BCUT2D eigenvalue weighted by Gasteiger charge is 2.32. The number of para-hydroxylation sites is 1. The molecular weight excluding hydrogens is 553 g/mol. The Labute approximate surface area is 231 Å². The van der Waals surface area contributed by atoms with Gasteiger partial charge in [-0.1, -0.05) is 53.7 Å². The van der Waals surface area contributed by atoms with Crippen LogP contribution in [0.1, 0.15) is 12.0 Å². The monoisotopic (exact) mass is 574 g/mol. The van der Waals surface area contributed by atoms with Crippen molar-refractivity contribution >= 4 is 64.2 Å². The van der Waals surface area contributed by atoms with Gasteiger partial charge in [0, 0.05) is 5.92 Å². The molecule has 2 N–H and O–H groups in total. The molecule has 1 atom stereocenters. The lowest BCUT2D eigenvalue weighted by Crippen LogP contribution is -2.30. The Hall–Kier alpha value is -3.90. The van der Waals surface area contributed by atoms with E-state index in [4.69, 9.17) is 17.3 Å². The van der Waals surface area contributed by atoms with E-state index in [0.29, 0.717) is 33.8 Å². The fraction of sp³-hybridized carbons (Fsp3) is 0.192. The molecule has 2 aromatic rings. The molecule has 0 saturated carbocycles. The zero-order chi connectivity index (χ0) is 28.0. The lowest BCUT2D eigenvalue weighted by Gasteiger charge is -2.19. The van der Waals surface area contributed by atoms with Crippen molar-refractivity contribution in [2.75, 3.05) is 10.7 Å². The quantitative estimate of drug-likeness (QED) is 0.242. The number of amidine groups is 2. The number of rotatable bonds is 7. The van der Waals surface area contributed by atoms with E-state index in [2.05, 4.69) is 24.9 Å². The molecule has 39 heavy (non-hydrogen) atoms. The molecule has 1 aliphatic carbocycles. The van der Waals surface area contributed by atoms with E-state index in [0.717, 1.165) is 23.3 Å². The second-order valence-electron chi connectivity index (χ2n) is 8.30. The first kappa shape index (κ1) is 28.1. The van der Waals surface area contributed by atoms with E-state index >= 15 is 0 Å². The second-order valence-corrected chi connectivity index (χ2v) is 9.65. The molecule has 0 spiro atoms. The highest BCUT2D eigenvalue weighted by molar-refractivity contribution is 8.15. The van der Waals surface area contributed by atoms with E-state index < -0.39 is 6.36 Å². The molecule has 0 radical (unpaired) electrons. The highest BCUT2D eigenvalue weighted by Crippen LogP contribution is 2.35. The number of amides is 1. The average Bonchev–Trinajstić information content (AvgIpc) is 3.24. The molecule has 0 bridgehead atoms. The first-order valence-corrected chi connectivity index (χ1v) is 12.9. The maximum Gasteiger partial charge on any atom is 0.573 e. The van der Waals surface area contributed by atoms with Crippen molar-refractivity contribution in [1.29, 1.82) is 0 Å². The maximum atomic E-state index is 12.5. The van der Waals surface area contributed by atoms with E-state index in [-0.39, 0.29) is 23.3 Å². The standard InChI is InChI=1S/C26H22ClF3N6O2S/c1-16-3-2-4-21(27)23(16)36-22(37)14-39-25(36)35-34-13-17-5-7-18(8-6-17)24(31)33-15-32-19-9-11-20(12-10-19)38-26(28,29)30/h2-7,9-13,15,18H,8,14H2,1H3,(H2,31,32,33). The predicted molar refractivity (Wildman–Crippen MR) is 150 cm³/mol. The van der Waals surface area contributed by atoms with Gasteiger partial charge in [0.25, 0.3) is 0 Å². The molecule has 0 aromatic heterocycles. The number of ether oxygens (including phenoxy) is 1. The van der Waals surface area contributed by atoms with Crippen LogP contribution in [0.3, 0.4) is 0 Å². The normalized spacial score (nSPS) is 19.5. The number of nitrogens with two attached hydrogens (primary N) is 1. The van der Waals surface area contributed by atoms with Crippen molar-refractivity contribution in [3.63, 3.8) is 0 Å². The molecule has 8 nitrogen and oxygen atoms in total. The number of aryl methyl sites for hydroxylation is 1. The smallest absolute Gasteiger partial charge is 0.406 e. The number of nitrogens with zero attached hydrogens (tertiary/aromatic N) is 5. The fourth-order valence-corrected chi connectivity index (χ4v) is 4.77. The topological polar surface area (TPSA) is 105 Å². The minimum Gasteiger partial charge on any atom is -0.406 e. The number of thioether (sulfide) groups is 1. The summed E-state index contributed by atoms with van der Waals surface area (Å²) in [5.74, 6) is -0.0353. The van der Waals surface area contributed by atoms with Crippen LogP contribution < -0.4 is 15.4 Å². The van der Waals surface area contributed by atoms with Crippen LogP contribution in [0.15, 0.2) is 86.5 Å². The van der Waals surface area contributed by atoms with Crippen LogP contribution in [0, 0.1) is 12.8 Å². The summed E-state index contributed by atoms with van der Waals surface area (Å²) in [4.78, 5) is 22.2. The lowest BCUT2D eigenvalue weighted by molar-refractivity contribution is -0.274. The SMILES string of the molecule is Cc1cccc(Cl)c1N1C(=O)CSC1=NN=CC1=CCC(C(N)=NC=Nc2ccc(OC(F)(F)F)cc2)C=C1. The lowest BCUT2D eigenvalue weighted by atomic mass is 9.96. The number of aliphatic imine (C=N–C) groups is 2. The van der Waals surface area contributed by atoms with E-state index in [1.165, 1.54) is 35.1 Å². The number of anilines is 1. The molecule has 1 amide bonds. The van der Waals surface area contributed by atoms with Crippen LogP contribution in [-0.2, 0) is 4.79 Å². The third-order valence-corrected chi connectivity index (χ3v) is 6.74. The maximum absolute atomic E-state index is 12.5. The van der Waals surface area contributed by atoms with Gasteiger partial charge in [0.2, 0.25) is 5.91 Å². The number of carbonyl (C=O) groups is 1. The summed E-state index contributed by atoms with van der Waals surface area (Å²) < 4.78 is 40.6. The van der Waals surface area contributed by atoms with Crippen molar-refractivity contribution in [1.82, 2.24) is 0 Å². The van der Waals surface area contributed by atoms with Gasteiger partial charge in [0.1, 0.15) is 17.9 Å². The van der Waals surface area contributed by atoms with Crippen LogP contribution in [-0.4, -0.2) is 41.6 Å². The number of benzene rings is 2. The van der Waals surface area contributed by atoms with Gasteiger partial charge in [0.05, 0.1) is 28.4 Å². The Balaban J connectivity index is 1.34. The molecule has 4 rings (SSSR count).